The minimum Gasteiger partial charge on any atom is -0.491 e. The smallest absolute Gasteiger partial charge is 0.119 e. The Balaban J connectivity index is 1.35. The molecular formula is C21H31N3O5. The van der Waals surface area contributed by atoms with E-state index in [1.165, 1.54) is 0 Å². The van der Waals surface area contributed by atoms with E-state index in [1.807, 2.05) is 0 Å². The van der Waals surface area contributed by atoms with Crippen LogP contribution in [0.2, 0.25) is 0 Å². The van der Waals surface area contributed by atoms with E-state index < -0.39 is 6.10 Å². The maximum Gasteiger partial charge on any atom is 0.119 e. The molecule has 2 aliphatic rings. The number of hydrogen-bond donors (Lipinski definition) is 1. The van der Waals surface area contributed by atoms with Gasteiger partial charge in [-0.05, 0) is 24.3 Å². The molecule has 0 amide bonds. The molecule has 3 unspecified atom stereocenters. The van der Waals surface area contributed by atoms with Crippen LogP contribution in [0.15, 0.2) is 24.3 Å². The first-order valence-corrected chi connectivity index (χ1v) is 10.1. The van der Waals surface area contributed by atoms with Crippen molar-refractivity contribution < 1.29 is 24.1 Å². The summed E-state index contributed by atoms with van der Waals surface area (Å²) >= 11 is 0. The predicted octanol–water partition coefficient (Wildman–Crippen LogP) is 0.346. The lowest BCUT2D eigenvalue weighted by molar-refractivity contribution is -0.145. The van der Waals surface area contributed by atoms with E-state index in [9.17, 15) is 5.11 Å². The fourth-order valence-electron chi connectivity index (χ4n) is 3.80. The molecule has 0 aromatic heterocycles. The van der Waals surface area contributed by atoms with Gasteiger partial charge in [0.15, 0.2) is 0 Å². The second-order valence-corrected chi connectivity index (χ2v) is 7.56. The van der Waals surface area contributed by atoms with E-state index >= 15 is 0 Å². The summed E-state index contributed by atoms with van der Waals surface area (Å²) in [5.41, 5.74) is 0.591. The lowest BCUT2D eigenvalue weighted by Gasteiger charge is -2.46. The minimum atomic E-state index is -0.574. The number of methoxy groups -OCH3 is 1. The van der Waals surface area contributed by atoms with Gasteiger partial charge in [0.25, 0.3) is 0 Å². The molecule has 8 heteroatoms. The predicted molar refractivity (Wildman–Crippen MR) is 107 cm³/mol. The Hall–Kier alpha value is -1.73. The molecule has 0 saturated carbocycles. The van der Waals surface area contributed by atoms with Crippen LogP contribution in [0.25, 0.3) is 0 Å². The number of nitrogens with zero attached hydrogens (tertiary/aromatic N) is 3. The number of morpholine rings is 2. The molecule has 2 bridgehead atoms. The molecule has 1 aromatic rings. The van der Waals surface area contributed by atoms with E-state index in [1.54, 1.807) is 31.4 Å². The highest BCUT2D eigenvalue weighted by molar-refractivity contribution is 5.34. The molecule has 1 N–H and O–H groups in total. The molecule has 0 spiro atoms. The topological polar surface area (TPSA) is 87.4 Å². The molecule has 8 nitrogen and oxygen atoms in total. The normalized spacial score (nSPS) is 23.5. The molecule has 2 saturated heterocycles. The number of aliphatic hydroxyl groups is 1. The van der Waals surface area contributed by atoms with Crippen molar-refractivity contribution in [2.75, 3.05) is 72.8 Å². The van der Waals surface area contributed by atoms with Crippen LogP contribution in [0.1, 0.15) is 5.56 Å². The average Bonchev–Trinajstić information content (AvgIpc) is 2.72. The Morgan fingerprint density at radius 1 is 1.10 bits per heavy atom. The van der Waals surface area contributed by atoms with Gasteiger partial charge in [0, 0.05) is 46.4 Å². The van der Waals surface area contributed by atoms with Gasteiger partial charge in [0.05, 0.1) is 43.7 Å². The number of fused-ring (bicyclic) bond motifs is 2. The molecule has 0 aliphatic carbocycles. The number of ether oxygens (including phenoxy) is 4. The van der Waals surface area contributed by atoms with Crippen LogP contribution in [-0.4, -0.2) is 106 Å². The Labute approximate surface area is 172 Å². The second kappa shape index (κ2) is 11.5. The Morgan fingerprint density at radius 3 is 2.45 bits per heavy atom. The standard InChI is InChI=1S/C21H31N3O5/c1-26-8-9-27-7-6-23-12-20-14-24(15-21(13-23)29-20)11-18(25)16-28-19-4-2-17(10-22)3-5-19/h2-5,18,20-21,25H,6-9,11-16H2,1H3. The number of nitriles is 1. The van der Waals surface area contributed by atoms with Gasteiger partial charge in [-0.15, -0.1) is 0 Å². The van der Waals surface area contributed by atoms with Crippen LogP contribution < -0.4 is 4.74 Å². The van der Waals surface area contributed by atoms with Gasteiger partial charge in [0.2, 0.25) is 0 Å². The lowest BCUT2D eigenvalue weighted by atomic mass is 10.1. The molecule has 3 atom stereocenters. The number of hydrogen-bond acceptors (Lipinski definition) is 8. The van der Waals surface area contributed by atoms with Gasteiger partial charge >= 0.3 is 0 Å². The fraction of sp³-hybridized carbons (Fsp3) is 0.667. The van der Waals surface area contributed by atoms with E-state index in [-0.39, 0.29) is 18.8 Å². The highest BCUT2D eigenvalue weighted by Crippen LogP contribution is 2.19. The van der Waals surface area contributed by atoms with Crippen LogP contribution in [0.5, 0.6) is 5.75 Å². The third kappa shape index (κ3) is 7.23. The van der Waals surface area contributed by atoms with E-state index in [0.717, 1.165) is 32.7 Å². The summed E-state index contributed by atoms with van der Waals surface area (Å²) in [5, 5.41) is 19.2. The minimum absolute atomic E-state index is 0.160. The third-order valence-electron chi connectivity index (χ3n) is 5.11. The fourth-order valence-corrected chi connectivity index (χ4v) is 3.80. The summed E-state index contributed by atoms with van der Waals surface area (Å²) < 4.78 is 22.3. The highest BCUT2D eigenvalue weighted by atomic mass is 16.5. The molecule has 2 heterocycles. The summed E-state index contributed by atoms with van der Waals surface area (Å²) in [4.78, 5) is 4.66. The molecule has 0 radical (unpaired) electrons. The average molecular weight is 405 g/mol. The van der Waals surface area contributed by atoms with Crippen LogP contribution in [0.3, 0.4) is 0 Å². The molecule has 1 aromatic carbocycles. The largest absolute Gasteiger partial charge is 0.491 e. The summed E-state index contributed by atoms with van der Waals surface area (Å²) in [7, 11) is 1.67. The summed E-state index contributed by atoms with van der Waals surface area (Å²) in [6.45, 7) is 7.05. The number of benzene rings is 1. The molecule has 3 rings (SSSR count). The van der Waals surface area contributed by atoms with Crippen LogP contribution >= 0.6 is 0 Å². The van der Waals surface area contributed by atoms with E-state index in [2.05, 4.69) is 15.9 Å². The Bertz CT molecular complexity index is 637. The van der Waals surface area contributed by atoms with Crippen molar-refractivity contribution in [3.8, 4) is 11.8 Å². The van der Waals surface area contributed by atoms with E-state index in [0.29, 0.717) is 37.7 Å². The van der Waals surface area contributed by atoms with Gasteiger partial charge in [-0.25, -0.2) is 0 Å². The van der Waals surface area contributed by atoms with Crippen molar-refractivity contribution in [3.63, 3.8) is 0 Å². The van der Waals surface area contributed by atoms with Gasteiger partial charge in [-0.2, -0.15) is 5.26 Å². The van der Waals surface area contributed by atoms with Crippen LogP contribution in [0, 0.1) is 11.3 Å². The van der Waals surface area contributed by atoms with Crippen molar-refractivity contribution in [1.29, 1.82) is 5.26 Å². The number of rotatable bonds is 11. The van der Waals surface area contributed by atoms with Crippen molar-refractivity contribution in [3.05, 3.63) is 29.8 Å². The summed E-state index contributed by atoms with van der Waals surface area (Å²) in [5.74, 6) is 0.658. The monoisotopic (exact) mass is 405 g/mol. The number of β-amino-alcohol motifs (C(OH)–C–C–N with tert-alkyl or cyclic N) is 1. The zero-order chi connectivity index (χ0) is 20.5. The second-order valence-electron chi connectivity index (χ2n) is 7.56. The first-order chi connectivity index (χ1) is 14.2. The zero-order valence-electron chi connectivity index (χ0n) is 17.0. The third-order valence-corrected chi connectivity index (χ3v) is 5.11. The lowest BCUT2D eigenvalue weighted by Crippen LogP contribution is -2.60. The van der Waals surface area contributed by atoms with E-state index in [4.69, 9.17) is 24.2 Å². The quantitative estimate of drug-likeness (QED) is 0.528. The van der Waals surface area contributed by atoms with Gasteiger partial charge in [-0.1, -0.05) is 0 Å². The maximum atomic E-state index is 10.4. The van der Waals surface area contributed by atoms with Crippen molar-refractivity contribution in [1.82, 2.24) is 9.80 Å². The molecule has 29 heavy (non-hydrogen) atoms. The SMILES string of the molecule is COCCOCCN1CC2CN(CC(O)COc3ccc(C#N)cc3)CC(C1)O2. The molecule has 2 fully saturated rings. The van der Waals surface area contributed by atoms with Gasteiger partial charge in [-0.3, -0.25) is 9.80 Å². The molecule has 2 aliphatic heterocycles. The Kier molecular flexibility index (Phi) is 8.68. The van der Waals surface area contributed by atoms with Crippen LogP contribution in [0.4, 0.5) is 0 Å². The summed E-state index contributed by atoms with van der Waals surface area (Å²) in [6, 6.07) is 8.99. The van der Waals surface area contributed by atoms with Crippen molar-refractivity contribution in [2.24, 2.45) is 0 Å². The zero-order valence-corrected chi connectivity index (χ0v) is 17.0. The Morgan fingerprint density at radius 2 is 1.79 bits per heavy atom. The summed E-state index contributed by atoms with van der Waals surface area (Å²) in [6.07, 6.45) is -0.254. The highest BCUT2D eigenvalue weighted by Gasteiger charge is 2.35. The first-order valence-electron chi connectivity index (χ1n) is 10.1. The first kappa shape index (κ1) is 22.0. The van der Waals surface area contributed by atoms with Crippen molar-refractivity contribution >= 4 is 0 Å². The molecular weight excluding hydrogens is 374 g/mol. The maximum absolute atomic E-state index is 10.4. The van der Waals surface area contributed by atoms with Crippen molar-refractivity contribution in [2.45, 2.75) is 18.3 Å². The van der Waals surface area contributed by atoms with Gasteiger partial charge in [0.1, 0.15) is 18.5 Å². The molecule has 160 valence electrons. The van der Waals surface area contributed by atoms with Gasteiger partial charge < -0.3 is 24.1 Å². The van der Waals surface area contributed by atoms with Crippen LogP contribution in [-0.2, 0) is 14.2 Å². The number of aliphatic hydroxyl groups excluding tert-OH is 1.